The summed E-state index contributed by atoms with van der Waals surface area (Å²) in [6.07, 6.45) is 6.72. The van der Waals surface area contributed by atoms with Crippen molar-refractivity contribution in [2.45, 2.75) is 20.8 Å². The average Bonchev–Trinajstić information content (AvgIpc) is 3.45. The van der Waals surface area contributed by atoms with Crippen molar-refractivity contribution >= 4 is 34.9 Å². The molecule has 9 nitrogen and oxygen atoms in total. The van der Waals surface area contributed by atoms with Crippen molar-refractivity contribution in [3.8, 4) is 33.4 Å². The van der Waals surface area contributed by atoms with Crippen molar-refractivity contribution in [1.29, 1.82) is 0 Å². The number of ether oxygens (including phenoxy) is 1. The second kappa shape index (κ2) is 12.1. The van der Waals surface area contributed by atoms with E-state index in [1.54, 1.807) is 29.4 Å². The third-order valence-corrected chi connectivity index (χ3v) is 7.39. The number of piperazine rings is 1. The molecule has 11 heteroatoms. The Labute approximate surface area is 241 Å². The largest absolute Gasteiger partial charge is 0.476 e. The van der Waals surface area contributed by atoms with Gasteiger partial charge in [-0.2, -0.15) is 0 Å². The molecule has 5 rings (SSSR count). The molecule has 206 valence electrons. The van der Waals surface area contributed by atoms with Crippen LogP contribution in [0.25, 0.3) is 33.6 Å². The lowest BCUT2D eigenvalue weighted by molar-refractivity contribution is 0.0735. The summed E-state index contributed by atoms with van der Waals surface area (Å²) in [5, 5.41) is 5.99. The number of carbonyl (C=O) groups excluding carboxylic acids is 1. The molecule has 40 heavy (non-hydrogen) atoms. The van der Waals surface area contributed by atoms with Gasteiger partial charge in [-0.05, 0) is 51.1 Å². The van der Waals surface area contributed by atoms with Gasteiger partial charge < -0.3 is 15.0 Å². The van der Waals surface area contributed by atoms with E-state index in [2.05, 4.69) is 15.3 Å². The van der Waals surface area contributed by atoms with Crippen molar-refractivity contribution in [2.24, 2.45) is 0 Å². The van der Waals surface area contributed by atoms with Crippen LogP contribution in [0.1, 0.15) is 36.8 Å². The number of nitrogens with one attached hydrogen (secondary N) is 1. The van der Waals surface area contributed by atoms with Crippen molar-refractivity contribution in [2.75, 3.05) is 32.8 Å². The molecule has 1 fully saturated rings. The van der Waals surface area contributed by atoms with Crippen LogP contribution in [-0.4, -0.2) is 63.1 Å². The third-order valence-electron chi connectivity index (χ3n) is 6.31. The Morgan fingerprint density at radius 3 is 2.73 bits per heavy atom. The van der Waals surface area contributed by atoms with Gasteiger partial charge >= 0.3 is 0 Å². The average molecular weight is 577 g/mol. The molecule has 0 saturated carbocycles. The fraction of sp³-hybridized carbons (Fsp3) is 0.276. The van der Waals surface area contributed by atoms with Crippen molar-refractivity contribution in [3.05, 3.63) is 80.4 Å². The van der Waals surface area contributed by atoms with Crippen LogP contribution in [0.15, 0.2) is 58.6 Å². The molecule has 1 aliphatic heterocycles. The second-order valence-electron chi connectivity index (χ2n) is 9.45. The Bertz CT molecular complexity index is 1620. The minimum atomic E-state index is -0.360. The van der Waals surface area contributed by atoms with Gasteiger partial charge in [-0.3, -0.25) is 19.1 Å². The summed E-state index contributed by atoms with van der Waals surface area (Å²) in [6, 6.07) is 7.05. The number of thiazole rings is 1. The van der Waals surface area contributed by atoms with Crippen LogP contribution in [0.2, 0.25) is 5.02 Å². The van der Waals surface area contributed by atoms with Gasteiger partial charge in [-0.15, -0.1) is 11.3 Å². The molecule has 1 amide bonds. The smallest absolute Gasteiger partial charge is 0.266 e. The molecule has 0 bridgehead atoms. The van der Waals surface area contributed by atoms with Crippen molar-refractivity contribution in [1.82, 2.24) is 29.7 Å². The van der Waals surface area contributed by atoms with E-state index in [9.17, 15) is 9.59 Å². The quantitative estimate of drug-likeness (QED) is 0.332. The molecule has 0 unspecified atom stereocenters. The Morgan fingerprint density at radius 1 is 1.23 bits per heavy atom. The number of hydrogen-bond acceptors (Lipinski definition) is 8. The highest BCUT2D eigenvalue weighted by Crippen LogP contribution is 2.32. The summed E-state index contributed by atoms with van der Waals surface area (Å²) in [5.41, 5.74) is 3.56. The van der Waals surface area contributed by atoms with E-state index >= 15 is 0 Å². The van der Waals surface area contributed by atoms with Crippen LogP contribution in [0, 0.1) is 0 Å². The molecular formula is C29H29ClN6O3S. The monoisotopic (exact) mass is 576 g/mol. The van der Waals surface area contributed by atoms with E-state index in [1.807, 2.05) is 44.4 Å². The predicted octanol–water partition coefficient (Wildman–Crippen LogP) is 4.94. The van der Waals surface area contributed by atoms with E-state index < -0.39 is 0 Å². The molecule has 0 aliphatic carbocycles. The molecule has 0 spiro atoms. The molecule has 0 radical (unpaired) electrons. The zero-order valence-electron chi connectivity index (χ0n) is 22.5. The first kappa shape index (κ1) is 27.7. The standard InChI is InChI=1S/C29H29ClN6O3S/c1-4-39-26-25(13-20(30)16-33-26)36-24(12-18(2)3)21(28(37)35-10-8-31-9-11-35)14-22(29(36)38)27-34-23(17-40-27)19-6-5-7-32-15-19/h5-7,12-17,31H,4,8-11H2,1-3H3. The Kier molecular flexibility index (Phi) is 8.39. The number of nitrogens with zero attached hydrogens (tertiary/aromatic N) is 5. The highest BCUT2D eigenvalue weighted by Gasteiger charge is 2.27. The van der Waals surface area contributed by atoms with Crippen molar-refractivity contribution in [3.63, 3.8) is 0 Å². The highest BCUT2D eigenvalue weighted by molar-refractivity contribution is 7.13. The molecule has 5 heterocycles. The van der Waals surface area contributed by atoms with Gasteiger partial charge in [-0.1, -0.05) is 17.2 Å². The third kappa shape index (κ3) is 5.70. The van der Waals surface area contributed by atoms with Gasteiger partial charge in [-0.25, -0.2) is 9.97 Å². The molecule has 1 N–H and O–H groups in total. The van der Waals surface area contributed by atoms with Gasteiger partial charge in [0.25, 0.3) is 11.5 Å². The lowest BCUT2D eigenvalue weighted by atomic mass is 10.0. The fourth-order valence-corrected chi connectivity index (χ4v) is 5.50. The molecule has 4 aromatic rings. The number of rotatable bonds is 7. The van der Waals surface area contributed by atoms with E-state index in [1.165, 1.54) is 22.1 Å². The van der Waals surface area contributed by atoms with Gasteiger partial charge in [0.2, 0.25) is 5.88 Å². The van der Waals surface area contributed by atoms with Crippen LogP contribution in [0.3, 0.4) is 0 Å². The van der Waals surface area contributed by atoms with E-state index in [0.29, 0.717) is 71.0 Å². The summed E-state index contributed by atoms with van der Waals surface area (Å²) >= 11 is 7.72. The van der Waals surface area contributed by atoms with Crippen LogP contribution in [0.5, 0.6) is 5.88 Å². The summed E-state index contributed by atoms with van der Waals surface area (Å²) in [6.45, 7) is 8.53. The minimum absolute atomic E-state index is 0.166. The summed E-state index contributed by atoms with van der Waals surface area (Å²) in [7, 11) is 0. The summed E-state index contributed by atoms with van der Waals surface area (Å²) in [4.78, 5) is 43.5. The maximum atomic E-state index is 14.4. The SMILES string of the molecule is CCOc1ncc(Cl)cc1-n1c(C=C(C)C)c(C(=O)N2CCNCC2)cc(-c2nc(-c3cccnc3)cs2)c1=O. The van der Waals surface area contributed by atoms with Gasteiger partial charge in [0.1, 0.15) is 10.7 Å². The molecular weight excluding hydrogens is 548 g/mol. The molecule has 1 saturated heterocycles. The summed E-state index contributed by atoms with van der Waals surface area (Å²) in [5.74, 6) is 0.0753. The molecule has 0 atom stereocenters. The molecule has 1 aliphatic rings. The van der Waals surface area contributed by atoms with Gasteiger partial charge in [0.05, 0.1) is 34.1 Å². The Hall–Kier alpha value is -3.86. The maximum absolute atomic E-state index is 14.4. The van der Waals surface area contributed by atoms with E-state index in [0.717, 1.165) is 11.1 Å². The Balaban J connectivity index is 1.81. The number of carbonyl (C=O) groups is 1. The minimum Gasteiger partial charge on any atom is -0.476 e. The first-order valence-corrected chi connectivity index (χ1v) is 14.2. The summed E-state index contributed by atoms with van der Waals surface area (Å²) < 4.78 is 7.29. The first-order valence-electron chi connectivity index (χ1n) is 13.0. The second-order valence-corrected chi connectivity index (χ2v) is 10.7. The lowest BCUT2D eigenvalue weighted by Crippen LogP contribution is -2.47. The number of allylic oxidation sites excluding steroid dienone is 1. The lowest BCUT2D eigenvalue weighted by Gasteiger charge is -2.29. The van der Waals surface area contributed by atoms with Crippen LogP contribution in [-0.2, 0) is 0 Å². The number of hydrogen-bond donors (Lipinski definition) is 1. The van der Waals surface area contributed by atoms with Crippen LogP contribution >= 0.6 is 22.9 Å². The zero-order chi connectivity index (χ0) is 28.2. The molecule has 0 aromatic carbocycles. The van der Waals surface area contributed by atoms with E-state index in [4.69, 9.17) is 21.3 Å². The zero-order valence-corrected chi connectivity index (χ0v) is 24.1. The van der Waals surface area contributed by atoms with Gasteiger partial charge in [0.15, 0.2) is 0 Å². The van der Waals surface area contributed by atoms with Crippen molar-refractivity contribution < 1.29 is 9.53 Å². The number of pyridine rings is 3. The first-order chi connectivity index (χ1) is 19.4. The Morgan fingerprint density at radius 2 is 2.02 bits per heavy atom. The van der Waals surface area contributed by atoms with Crippen LogP contribution in [0.4, 0.5) is 0 Å². The normalized spacial score (nSPS) is 13.2. The number of halogens is 1. The fourth-order valence-electron chi connectivity index (χ4n) is 4.52. The van der Waals surface area contributed by atoms with Crippen LogP contribution < -0.4 is 15.6 Å². The van der Waals surface area contributed by atoms with E-state index in [-0.39, 0.29) is 17.3 Å². The predicted molar refractivity (Wildman–Crippen MR) is 158 cm³/mol. The number of amides is 1. The highest BCUT2D eigenvalue weighted by atomic mass is 35.5. The molecule has 4 aromatic heterocycles. The topological polar surface area (TPSA) is 102 Å². The van der Waals surface area contributed by atoms with Gasteiger partial charge in [0, 0.05) is 55.7 Å². The maximum Gasteiger partial charge on any atom is 0.266 e. The number of aromatic nitrogens is 4.